The Balaban J connectivity index is 2.99. The number of aromatic nitrogens is 1. The number of carbonyl (C=O) groups excluding carboxylic acids is 1. The number of ketones is 1. The highest BCUT2D eigenvalue weighted by Crippen LogP contribution is 2.30. The number of Topliss-reactive ketones (excluding diaryl/α,β-unsaturated/α-hetero) is 1. The summed E-state index contributed by atoms with van der Waals surface area (Å²) in [4.78, 5) is 15.4. The molecule has 0 saturated heterocycles. The van der Waals surface area contributed by atoms with Crippen molar-refractivity contribution in [3.8, 4) is 11.5 Å². The van der Waals surface area contributed by atoms with Crippen LogP contribution in [-0.4, -0.2) is 25.0 Å². The molecule has 0 spiro atoms. The SMILES string of the molecule is COc1ccnc(CC(C)C(C)=O)c1OC. The van der Waals surface area contributed by atoms with E-state index in [1.54, 1.807) is 33.4 Å². The maximum Gasteiger partial charge on any atom is 0.182 e. The van der Waals surface area contributed by atoms with Crippen LogP contribution in [-0.2, 0) is 11.2 Å². The highest BCUT2D eigenvalue weighted by atomic mass is 16.5. The van der Waals surface area contributed by atoms with Crippen molar-refractivity contribution < 1.29 is 14.3 Å². The highest BCUT2D eigenvalue weighted by molar-refractivity contribution is 5.78. The van der Waals surface area contributed by atoms with Gasteiger partial charge in [-0.3, -0.25) is 9.78 Å². The lowest BCUT2D eigenvalue weighted by Gasteiger charge is -2.13. The molecule has 0 fully saturated rings. The van der Waals surface area contributed by atoms with Crippen molar-refractivity contribution in [1.29, 1.82) is 0 Å². The predicted molar refractivity (Wildman–Crippen MR) is 60.9 cm³/mol. The van der Waals surface area contributed by atoms with Crippen LogP contribution < -0.4 is 9.47 Å². The summed E-state index contributed by atoms with van der Waals surface area (Å²) in [5.74, 6) is 1.33. The standard InChI is InChI=1S/C12H17NO3/c1-8(9(2)14)7-10-12(16-4)11(15-3)5-6-13-10/h5-6,8H,7H2,1-4H3. The fraction of sp³-hybridized carbons (Fsp3) is 0.500. The average molecular weight is 223 g/mol. The summed E-state index contributed by atoms with van der Waals surface area (Å²) in [6.45, 7) is 3.46. The molecule has 0 aliphatic rings. The Kier molecular flexibility index (Phi) is 4.28. The second-order valence-electron chi connectivity index (χ2n) is 3.71. The number of carbonyl (C=O) groups is 1. The van der Waals surface area contributed by atoms with Crippen LogP contribution in [0.1, 0.15) is 19.5 Å². The third-order valence-corrected chi connectivity index (χ3v) is 2.56. The molecule has 4 nitrogen and oxygen atoms in total. The van der Waals surface area contributed by atoms with Crippen molar-refractivity contribution in [2.24, 2.45) is 5.92 Å². The minimum absolute atomic E-state index is 0.0616. The third-order valence-electron chi connectivity index (χ3n) is 2.56. The molecule has 0 saturated carbocycles. The Morgan fingerprint density at radius 3 is 2.62 bits per heavy atom. The van der Waals surface area contributed by atoms with E-state index in [1.165, 1.54) is 0 Å². The average Bonchev–Trinajstić information content (AvgIpc) is 2.28. The summed E-state index contributed by atoms with van der Waals surface area (Å²) in [5, 5.41) is 0. The van der Waals surface area contributed by atoms with Crippen LogP contribution in [0.25, 0.3) is 0 Å². The monoisotopic (exact) mass is 223 g/mol. The number of methoxy groups -OCH3 is 2. The van der Waals surface area contributed by atoms with Gasteiger partial charge in [0, 0.05) is 24.6 Å². The second-order valence-corrected chi connectivity index (χ2v) is 3.71. The molecule has 1 unspecified atom stereocenters. The molecule has 1 aromatic rings. The molecule has 0 amide bonds. The maximum absolute atomic E-state index is 11.2. The van der Waals surface area contributed by atoms with E-state index < -0.39 is 0 Å². The van der Waals surface area contributed by atoms with Crippen molar-refractivity contribution in [2.45, 2.75) is 20.3 Å². The summed E-state index contributed by atoms with van der Waals surface area (Å²) < 4.78 is 10.4. The van der Waals surface area contributed by atoms with Gasteiger partial charge in [-0.15, -0.1) is 0 Å². The first-order chi connectivity index (χ1) is 7.60. The minimum Gasteiger partial charge on any atom is -0.493 e. The first-order valence-corrected chi connectivity index (χ1v) is 5.16. The summed E-state index contributed by atoms with van der Waals surface area (Å²) in [5.41, 5.74) is 0.754. The van der Waals surface area contributed by atoms with Gasteiger partial charge in [-0.25, -0.2) is 0 Å². The predicted octanol–water partition coefficient (Wildman–Crippen LogP) is 1.87. The summed E-state index contributed by atoms with van der Waals surface area (Å²) in [6, 6.07) is 1.74. The van der Waals surface area contributed by atoms with E-state index in [0.29, 0.717) is 17.9 Å². The maximum atomic E-state index is 11.2. The number of rotatable bonds is 5. The van der Waals surface area contributed by atoms with Crippen LogP contribution in [0.3, 0.4) is 0 Å². The first-order valence-electron chi connectivity index (χ1n) is 5.16. The van der Waals surface area contributed by atoms with Crippen molar-refractivity contribution >= 4 is 5.78 Å². The van der Waals surface area contributed by atoms with E-state index in [9.17, 15) is 4.79 Å². The molecule has 4 heteroatoms. The zero-order chi connectivity index (χ0) is 12.1. The fourth-order valence-corrected chi connectivity index (χ4v) is 1.43. The lowest BCUT2D eigenvalue weighted by Crippen LogP contribution is -2.11. The normalized spacial score (nSPS) is 12.0. The molecule has 1 heterocycles. The van der Waals surface area contributed by atoms with Gasteiger partial charge in [-0.05, 0) is 6.92 Å². The van der Waals surface area contributed by atoms with Crippen molar-refractivity contribution in [1.82, 2.24) is 4.98 Å². The molecular weight excluding hydrogens is 206 g/mol. The van der Waals surface area contributed by atoms with E-state index in [1.807, 2.05) is 6.92 Å². The first kappa shape index (κ1) is 12.5. The van der Waals surface area contributed by atoms with Crippen molar-refractivity contribution in [2.75, 3.05) is 14.2 Å². The number of hydrogen-bond donors (Lipinski definition) is 0. The molecule has 0 N–H and O–H groups in total. The van der Waals surface area contributed by atoms with E-state index >= 15 is 0 Å². The molecule has 1 aromatic heterocycles. The number of nitrogens with zero attached hydrogens (tertiary/aromatic N) is 1. The second kappa shape index (κ2) is 5.49. The Morgan fingerprint density at radius 2 is 2.12 bits per heavy atom. The van der Waals surface area contributed by atoms with Crippen LogP contribution in [0.5, 0.6) is 11.5 Å². The zero-order valence-electron chi connectivity index (χ0n) is 10.1. The fourth-order valence-electron chi connectivity index (χ4n) is 1.43. The zero-order valence-corrected chi connectivity index (χ0v) is 10.1. The molecule has 16 heavy (non-hydrogen) atoms. The topological polar surface area (TPSA) is 48.4 Å². The number of pyridine rings is 1. The molecule has 88 valence electrons. The lowest BCUT2D eigenvalue weighted by atomic mass is 10.0. The van der Waals surface area contributed by atoms with Crippen molar-refractivity contribution in [3.63, 3.8) is 0 Å². The molecule has 0 radical (unpaired) electrons. The van der Waals surface area contributed by atoms with Gasteiger partial charge in [-0.2, -0.15) is 0 Å². The van der Waals surface area contributed by atoms with Crippen LogP contribution in [0.4, 0.5) is 0 Å². The summed E-state index contributed by atoms with van der Waals surface area (Å²) >= 11 is 0. The van der Waals surface area contributed by atoms with Gasteiger partial charge in [-0.1, -0.05) is 6.92 Å². The van der Waals surface area contributed by atoms with Crippen LogP contribution in [0.15, 0.2) is 12.3 Å². The highest BCUT2D eigenvalue weighted by Gasteiger charge is 2.16. The molecule has 1 rings (SSSR count). The van der Waals surface area contributed by atoms with E-state index in [0.717, 1.165) is 5.69 Å². The molecule has 1 atom stereocenters. The van der Waals surface area contributed by atoms with Crippen molar-refractivity contribution in [3.05, 3.63) is 18.0 Å². The Morgan fingerprint density at radius 1 is 1.44 bits per heavy atom. The van der Waals surface area contributed by atoms with Gasteiger partial charge in [0.05, 0.1) is 19.9 Å². The van der Waals surface area contributed by atoms with Gasteiger partial charge in [0.2, 0.25) is 0 Å². The van der Waals surface area contributed by atoms with Gasteiger partial charge in [0.15, 0.2) is 11.5 Å². The van der Waals surface area contributed by atoms with E-state index in [-0.39, 0.29) is 11.7 Å². The smallest absolute Gasteiger partial charge is 0.182 e. The third kappa shape index (κ3) is 2.72. The van der Waals surface area contributed by atoms with Crippen LogP contribution in [0, 0.1) is 5.92 Å². The summed E-state index contributed by atoms with van der Waals surface area (Å²) in [7, 11) is 3.15. The largest absolute Gasteiger partial charge is 0.493 e. The van der Waals surface area contributed by atoms with Gasteiger partial charge < -0.3 is 9.47 Å². The van der Waals surface area contributed by atoms with E-state index in [4.69, 9.17) is 9.47 Å². The molecular formula is C12H17NO3. The number of hydrogen-bond acceptors (Lipinski definition) is 4. The van der Waals surface area contributed by atoms with Crippen LogP contribution >= 0.6 is 0 Å². The Hall–Kier alpha value is -1.58. The van der Waals surface area contributed by atoms with Gasteiger partial charge in [0.1, 0.15) is 5.78 Å². The molecule has 0 aliphatic carbocycles. The van der Waals surface area contributed by atoms with Gasteiger partial charge >= 0.3 is 0 Å². The quantitative estimate of drug-likeness (QED) is 0.764. The minimum atomic E-state index is -0.0616. The Labute approximate surface area is 95.6 Å². The van der Waals surface area contributed by atoms with Gasteiger partial charge in [0.25, 0.3) is 0 Å². The molecule has 0 aromatic carbocycles. The Bertz CT molecular complexity index is 377. The number of ether oxygens (including phenoxy) is 2. The lowest BCUT2D eigenvalue weighted by molar-refractivity contribution is -0.120. The van der Waals surface area contributed by atoms with E-state index in [2.05, 4.69) is 4.98 Å². The molecule has 0 bridgehead atoms. The molecule has 0 aliphatic heterocycles. The van der Waals surface area contributed by atoms with Crippen LogP contribution in [0.2, 0.25) is 0 Å². The summed E-state index contributed by atoms with van der Waals surface area (Å²) in [6.07, 6.45) is 2.22.